The highest BCUT2D eigenvalue weighted by Gasteiger charge is 2.40. The first-order valence-corrected chi connectivity index (χ1v) is 10.5. The monoisotopic (exact) mass is 427 g/mol. The standard InChI is InChI=1S/C23H25NO5S/c1-15(2)30-21-20(18-7-5-6-8-19(18)28-4)22(25)24(23(21)26)13-14-29-17-11-9-16(27-3)10-12-17/h5-12,15H,13-14H2,1-4H3. The van der Waals surface area contributed by atoms with E-state index in [0.717, 1.165) is 5.75 Å². The number of amides is 2. The van der Waals surface area contributed by atoms with Crippen molar-refractivity contribution in [3.63, 3.8) is 0 Å². The number of methoxy groups -OCH3 is 2. The zero-order chi connectivity index (χ0) is 21.7. The summed E-state index contributed by atoms with van der Waals surface area (Å²) in [5, 5.41) is 0.150. The van der Waals surface area contributed by atoms with E-state index in [-0.39, 0.29) is 30.2 Å². The number of ether oxygens (including phenoxy) is 3. The van der Waals surface area contributed by atoms with Crippen LogP contribution in [0.25, 0.3) is 5.57 Å². The van der Waals surface area contributed by atoms with Crippen LogP contribution < -0.4 is 14.2 Å². The summed E-state index contributed by atoms with van der Waals surface area (Å²) in [4.78, 5) is 28.0. The van der Waals surface area contributed by atoms with Gasteiger partial charge in [0.1, 0.15) is 23.9 Å². The third kappa shape index (κ3) is 4.62. The van der Waals surface area contributed by atoms with Crippen molar-refractivity contribution < 1.29 is 23.8 Å². The van der Waals surface area contributed by atoms with Crippen molar-refractivity contribution in [3.05, 3.63) is 59.0 Å². The molecule has 0 saturated carbocycles. The molecule has 0 unspecified atom stereocenters. The number of imide groups is 1. The van der Waals surface area contributed by atoms with Crippen LogP contribution in [-0.4, -0.2) is 49.3 Å². The highest BCUT2D eigenvalue weighted by molar-refractivity contribution is 8.04. The van der Waals surface area contributed by atoms with Crippen molar-refractivity contribution in [3.8, 4) is 17.2 Å². The van der Waals surface area contributed by atoms with Gasteiger partial charge in [-0.25, -0.2) is 0 Å². The Balaban J connectivity index is 1.79. The number of nitrogens with zero attached hydrogens (tertiary/aromatic N) is 1. The van der Waals surface area contributed by atoms with Crippen LogP contribution in [0.15, 0.2) is 53.4 Å². The molecule has 2 aromatic rings. The smallest absolute Gasteiger partial charge is 0.268 e. The van der Waals surface area contributed by atoms with Crippen LogP contribution in [0.3, 0.4) is 0 Å². The van der Waals surface area contributed by atoms with E-state index in [1.54, 1.807) is 50.6 Å². The van der Waals surface area contributed by atoms with Gasteiger partial charge in [-0.05, 0) is 30.3 Å². The summed E-state index contributed by atoms with van der Waals surface area (Å²) in [7, 11) is 3.15. The summed E-state index contributed by atoms with van der Waals surface area (Å²) in [6.45, 7) is 4.34. The Labute approximate surface area is 180 Å². The maximum absolute atomic E-state index is 13.2. The largest absolute Gasteiger partial charge is 0.497 e. The fourth-order valence-electron chi connectivity index (χ4n) is 3.12. The van der Waals surface area contributed by atoms with E-state index in [2.05, 4.69) is 0 Å². The summed E-state index contributed by atoms with van der Waals surface area (Å²) in [5.41, 5.74) is 1.01. The molecule has 0 spiro atoms. The molecular formula is C23H25NO5S. The number of hydrogen-bond acceptors (Lipinski definition) is 6. The second kappa shape index (κ2) is 9.71. The van der Waals surface area contributed by atoms with E-state index in [1.165, 1.54) is 16.7 Å². The average Bonchev–Trinajstić information content (AvgIpc) is 2.97. The maximum atomic E-state index is 13.2. The average molecular weight is 428 g/mol. The van der Waals surface area contributed by atoms with Gasteiger partial charge in [-0.2, -0.15) is 0 Å². The lowest BCUT2D eigenvalue weighted by atomic mass is 10.1. The lowest BCUT2D eigenvalue weighted by Crippen LogP contribution is -2.35. The molecule has 158 valence electrons. The molecule has 0 aromatic heterocycles. The number of hydrogen-bond donors (Lipinski definition) is 0. The number of carbonyl (C=O) groups excluding carboxylic acids is 2. The van der Waals surface area contributed by atoms with Crippen molar-refractivity contribution >= 4 is 29.1 Å². The van der Waals surface area contributed by atoms with Gasteiger partial charge >= 0.3 is 0 Å². The van der Waals surface area contributed by atoms with Gasteiger partial charge in [0.05, 0.1) is 31.2 Å². The molecule has 2 amide bonds. The van der Waals surface area contributed by atoms with Crippen molar-refractivity contribution in [1.82, 2.24) is 4.90 Å². The van der Waals surface area contributed by atoms with Gasteiger partial charge in [-0.1, -0.05) is 32.0 Å². The Morgan fingerprint density at radius 1 is 0.900 bits per heavy atom. The van der Waals surface area contributed by atoms with Crippen molar-refractivity contribution in [1.29, 1.82) is 0 Å². The first-order chi connectivity index (χ1) is 14.5. The number of benzene rings is 2. The summed E-state index contributed by atoms with van der Waals surface area (Å²) >= 11 is 1.39. The molecular weight excluding hydrogens is 402 g/mol. The predicted molar refractivity (Wildman–Crippen MR) is 118 cm³/mol. The number of thioether (sulfide) groups is 1. The molecule has 0 radical (unpaired) electrons. The van der Waals surface area contributed by atoms with Crippen LogP contribution in [0.5, 0.6) is 17.2 Å². The number of rotatable bonds is 9. The fourth-order valence-corrected chi connectivity index (χ4v) is 4.11. The first-order valence-electron chi connectivity index (χ1n) is 9.63. The first kappa shape index (κ1) is 21.8. The summed E-state index contributed by atoms with van der Waals surface area (Å²) < 4.78 is 16.3. The van der Waals surface area contributed by atoms with Crippen LogP contribution >= 0.6 is 11.8 Å². The molecule has 30 heavy (non-hydrogen) atoms. The summed E-state index contributed by atoms with van der Waals surface area (Å²) in [6, 6.07) is 14.4. The topological polar surface area (TPSA) is 65.1 Å². The van der Waals surface area contributed by atoms with E-state index >= 15 is 0 Å². The molecule has 0 N–H and O–H groups in total. The van der Waals surface area contributed by atoms with Crippen molar-refractivity contribution in [2.75, 3.05) is 27.4 Å². The third-order valence-electron chi connectivity index (χ3n) is 4.50. The molecule has 0 aliphatic carbocycles. The van der Waals surface area contributed by atoms with E-state index in [1.807, 2.05) is 26.0 Å². The molecule has 6 nitrogen and oxygen atoms in total. The van der Waals surface area contributed by atoms with Gasteiger partial charge in [0.25, 0.3) is 11.8 Å². The van der Waals surface area contributed by atoms with Gasteiger partial charge < -0.3 is 14.2 Å². The molecule has 1 aliphatic heterocycles. The van der Waals surface area contributed by atoms with Crippen molar-refractivity contribution in [2.24, 2.45) is 0 Å². The number of para-hydroxylation sites is 1. The Morgan fingerprint density at radius 2 is 1.57 bits per heavy atom. The molecule has 1 heterocycles. The van der Waals surface area contributed by atoms with Crippen LogP contribution in [0.1, 0.15) is 19.4 Å². The molecule has 2 aromatic carbocycles. The van der Waals surface area contributed by atoms with E-state index in [4.69, 9.17) is 14.2 Å². The van der Waals surface area contributed by atoms with Crippen LogP contribution in [0, 0.1) is 0 Å². The normalized spacial score (nSPS) is 14.0. The maximum Gasteiger partial charge on any atom is 0.268 e. The van der Waals surface area contributed by atoms with E-state index in [0.29, 0.717) is 27.5 Å². The summed E-state index contributed by atoms with van der Waals surface area (Å²) in [5.74, 6) is 1.31. The van der Waals surface area contributed by atoms with Gasteiger partial charge in [0.15, 0.2) is 0 Å². The Hall–Kier alpha value is -2.93. The lowest BCUT2D eigenvalue weighted by molar-refractivity contribution is -0.136. The van der Waals surface area contributed by atoms with E-state index in [9.17, 15) is 9.59 Å². The highest BCUT2D eigenvalue weighted by Crippen LogP contribution is 2.40. The highest BCUT2D eigenvalue weighted by atomic mass is 32.2. The second-order valence-corrected chi connectivity index (χ2v) is 8.44. The van der Waals surface area contributed by atoms with Gasteiger partial charge in [0, 0.05) is 10.8 Å². The molecule has 0 atom stereocenters. The van der Waals surface area contributed by atoms with Gasteiger partial charge in [-0.15, -0.1) is 11.8 Å². The quantitative estimate of drug-likeness (QED) is 0.564. The third-order valence-corrected chi connectivity index (χ3v) is 5.58. The minimum Gasteiger partial charge on any atom is -0.497 e. The molecule has 1 aliphatic rings. The van der Waals surface area contributed by atoms with Gasteiger partial charge in [-0.3, -0.25) is 14.5 Å². The Morgan fingerprint density at radius 3 is 2.20 bits per heavy atom. The Bertz CT molecular complexity index is 952. The molecule has 0 saturated heterocycles. The molecule has 3 rings (SSSR count). The summed E-state index contributed by atoms with van der Waals surface area (Å²) in [6.07, 6.45) is 0. The number of carbonyl (C=O) groups is 2. The van der Waals surface area contributed by atoms with Crippen LogP contribution in [0.2, 0.25) is 0 Å². The SMILES string of the molecule is COc1ccc(OCCN2C(=O)C(SC(C)C)=C(c3ccccc3OC)C2=O)cc1. The minimum absolute atomic E-state index is 0.150. The molecule has 0 bridgehead atoms. The molecule has 7 heteroatoms. The lowest BCUT2D eigenvalue weighted by Gasteiger charge is -2.16. The van der Waals surface area contributed by atoms with Crippen molar-refractivity contribution in [2.45, 2.75) is 19.1 Å². The second-order valence-electron chi connectivity index (χ2n) is 6.86. The molecule has 0 fully saturated rings. The van der Waals surface area contributed by atoms with Crippen LogP contribution in [0.4, 0.5) is 0 Å². The zero-order valence-corrected chi connectivity index (χ0v) is 18.3. The Kier molecular flexibility index (Phi) is 7.05. The van der Waals surface area contributed by atoms with E-state index < -0.39 is 0 Å². The predicted octanol–water partition coefficient (Wildman–Crippen LogP) is 4.00. The van der Waals surface area contributed by atoms with Crippen LogP contribution in [-0.2, 0) is 9.59 Å². The fraction of sp³-hybridized carbons (Fsp3) is 0.304. The van der Waals surface area contributed by atoms with Gasteiger partial charge in [0.2, 0.25) is 0 Å². The minimum atomic E-state index is -0.328. The zero-order valence-electron chi connectivity index (χ0n) is 17.5.